The molecule has 0 N–H and O–H groups in total. The van der Waals surface area contributed by atoms with Gasteiger partial charge in [-0.15, -0.1) is 11.3 Å². The molecule has 13 aromatic rings. The zero-order valence-corrected chi connectivity index (χ0v) is 32.7. The van der Waals surface area contributed by atoms with Crippen molar-refractivity contribution in [3.05, 3.63) is 187 Å². The molecule has 0 fully saturated rings. The third-order valence-corrected chi connectivity index (χ3v) is 13.6. The molecule has 6 heteroatoms. The van der Waals surface area contributed by atoms with Crippen LogP contribution in [-0.2, 0) is 0 Å². The minimum Gasteiger partial charge on any atom is -0.309 e. The number of para-hydroxylation sites is 3. The lowest BCUT2D eigenvalue weighted by Gasteiger charge is -2.16. The maximum atomic E-state index is 11.1. The van der Waals surface area contributed by atoms with Gasteiger partial charge in [0, 0.05) is 58.2 Å². The maximum absolute atomic E-state index is 11.1. The Kier molecular flexibility index (Phi) is 6.67. The van der Waals surface area contributed by atoms with E-state index < -0.39 is 0 Å². The molecule has 0 amide bonds. The van der Waals surface area contributed by atoms with Crippen LogP contribution in [0.1, 0.15) is 11.1 Å². The molecule has 5 nitrogen and oxygen atoms in total. The van der Waals surface area contributed by atoms with Crippen LogP contribution < -0.4 is 0 Å². The fourth-order valence-corrected chi connectivity index (χ4v) is 11.1. The molecule has 4 heterocycles. The van der Waals surface area contributed by atoms with Gasteiger partial charge >= 0.3 is 0 Å². The number of rotatable bonds is 3. The Morgan fingerprint density at radius 3 is 1.57 bits per heavy atom. The van der Waals surface area contributed by atoms with Crippen LogP contribution in [0.25, 0.3) is 113 Å². The van der Waals surface area contributed by atoms with Crippen molar-refractivity contribution in [2.75, 3.05) is 0 Å². The maximum Gasteiger partial charge on any atom is 0.101 e. The van der Waals surface area contributed by atoms with Gasteiger partial charge in [0.15, 0.2) is 0 Å². The van der Waals surface area contributed by atoms with Crippen LogP contribution in [0.5, 0.6) is 0 Å². The van der Waals surface area contributed by atoms with Crippen LogP contribution >= 0.6 is 11.3 Å². The van der Waals surface area contributed by atoms with E-state index in [1.54, 1.807) is 11.3 Å². The summed E-state index contributed by atoms with van der Waals surface area (Å²) in [4.78, 5) is 0. The summed E-state index contributed by atoms with van der Waals surface area (Å²) in [6, 6.07) is 67.0. The molecule has 0 saturated carbocycles. The first-order valence-corrected chi connectivity index (χ1v) is 20.8. The van der Waals surface area contributed by atoms with Gasteiger partial charge in [-0.3, -0.25) is 0 Å². The number of nitrogens with zero attached hydrogens (tertiary/aromatic N) is 5. The third kappa shape index (κ3) is 4.38. The Morgan fingerprint density at radius 1 is 0.350 bits per heavy atom. The van der Waals surface area contributed by atoms with Gasteiger partial charge in [-0.2, -0.15) is 10.5 Å². The topological polar surface area (TPSA) is 62.4 Å². The molecule has 4 aromatic heterocycles. The molecular weight excluding hydrogens is 751 g/mol. The highest BCUT2D eigenvalue weighted by molar-refractivity contribution is 7.25. The Balaban J connectivity index is 1.10. The number of hydrogen-bond donors (Lipinski definition) is 0. The Bertz CT molecular complexity index is 4050. The first-order valence-electron chi connectivity index (χ1n) is 20.0. The van der Waals surface area contributed by atoms with Gasteiger partial charge in [-0.25, -0.2) is 0 Å². The Hall–Kier alpha value is -8.16. The van der Waals surface area contributed by atoms with E-state index in [2.05, 4.69) is 184 Å². The molecule has 0 saturated heterocycles. The summed E-state index contributed by atoms with van der Waals surface area (Å²) in [6.07, 6.45) is 0. The average Bonchev–Trinajstić information content (AvgIpc) is 4.03. The van der Waals surface area contributed by atoms with Gasteiger partial charge in [0.05, 0.1) is 55.6 Å². The van der Waals surface area contributed by atoms with Crippen molar-refractivity contribution >= 4 is 108 Å². The normalized spacial score (nSPS) is 12.0. The molecule has 0 bridgehead atoms. The van der Waals surface area contributed by atoms with E-state index in [0.717, 1.165) is 71.1 Å². The van der Waals surface area contributed by atoms with Gasteiger partial charge in [-0.1, -0.05) is 103 Å². The quantitative estimate of drug-likeness (QED) is 0.179. The summed E-state index contributed by atoms with van der Waals surface area (Å²) in [5.74, 6) is 0. The van der Waals surface area contributed by atoms with Gasteiger partial charge in [0.25, 0.3) is 0 Å². The molecule has 0 radical (unpaired) electrons. The van der Waals surface area contributed by atoms with Gasteiger partial charge in [-0.05, 0) is 83.6 Å². The number of benzene rings is 9. The summed E-state index contributed by atoms with van der Waals surface area (Å²) in [6.45, 7) is 0. The zero-order valence-electron chi connectivity index (χ0n) is 31.9. The van der Waals surface area contributed by atoms with Crippen LogP contribution in [0.3, 0.4) is 0 Å². The molecule has 0 atom stereocenters. The Morgan fingerprint density at radius 2 is 0.883 bits per heavy atom. The van der Waals surface area contributed by atoms with Crippen molar-refractivity contribution in [2.45, 2.75) is 0 Å². The van der Waals surface area contributed by atoms with E-state index in [9.17, 15) is 10.5 Å². The third-order valence-electron chi connectivity index (χ3n) is 12.5. The Labute approximate surface area is 346 Å². The second kappa shape index (κ2) is 12.2. The molecule has 0 unspecified atom stereocenters. The van der Waals surface area contributed by atoms with Crippen molar-refractivity contribution in [3.63, 3.8) is 0 Å². The molecule has 60 heavy (non-hydrogen) atoms. The lowest BCUT2D eigenvalue weighted by Crippen LogP contribution is -2.04. The van der Waals surface area contributed by atoms with Gasteiger partial charge < -0.3 is 13.7 Å². The highest BCUT2D eigenvalue weighted by Crippen LogP contribution is 2.44. The molecule has 276 valence electrons. The van der Waals surface area contributed by atoms with Gasteiger partial charge in [0.2, 0.25) is 0 Å². The van der Waals surface area contributed by atoms with Crippen LogP contribution in [0.4, 0.5) is 0 Å². The van der Waals surface area contributed by atoms with Gasteiger partial charge in [0.1, 0.15) is 12.1 Å². The monoisotopic (exact) mass is 779 g/mol. The summed E-state index contributed by atoms with van der Waals surface area (Å²) in [5, 5.41) is 33.6. The SMILES string of the molecule is N#Cc1cc(-n2c3ccc(-n4c5ccccc5c5ccccc54)cc3c3c4ccccc4ccc32)c(C#N)cc1-n1c2ccccc2c2cc3sc4ccccc4c3cc21. The predicted molar refractivity (Wildman–Crippen MR) is 249 cm³/mol. The van der Waals surface area contributed by atoms with E-state index in [-0.39, 0.29) is 0 Å². The molecule has 9 aromatic carbocycles. The number of thiophene rings is 1. The lowest BCUT2D eigenvalue weighted by molar-refractivity contribution is 1.12. The molecule has 0 aliphatic heterocycles. The van der Waals surface area contributed by atoms with E-state index in [1.807, 2.05) is 18.2 Å². The van der Waals surface area contributed by atoms with Crippen molar-refractivity contribution in [1.82, 2.24) is 13.7 Å². The molecule has 0 aliphatic carbocycles. The van der Waals surface area contributed by atoms with E-state index in [1.165, 1.54) is 30.9 Å². The molecule has 0 aliphatic rings. The largest absolute Gasteiger partial charge is 0.309 e. The first kappa shape index (κ1) is 32.9. The summed E-state index contributed by atoms with van der Waals surface area (Å²) < 4.78 is 9.17. The van der Waals surface area contributed by atoms with Crippen molar-refractivity contribution in [1.29, 1.82) is 10.5 Å². The van der Waals surface area contributed by atoms with Crippen molar-refractivity contribution in [3.8, 4) is 29.2 Å². The second-order valence-electron chi connectivity index (χ2n) is 15.5. The summed E-state index contributed by atoms with van der Waals surface area (Å²) >= 11 is 1.80. The van der Waals surface area contributed by atoms with E-state index in [4.69, 9.17) is 0 Å². The van der Waals surface area contributed by atoms with Crippen LogP contribution in [0.2, 0.25) is 0 Å². The predicted octanol–water partition coefficient (Wildman–Crippen LogP) is 14.2. The van der Waals surface area contributed by atoms with Crippen LogP contribution in [0, 0.1) is 22.7 Å². The molecule has 0 spiro atoms. The van der Waals surface area contributed by atoms with Crippen molar-refractivity contribution in [2.24, 2.45) is 0 Å². The highest BCUT2D eigenvalue weighted by Gasteiger charge is 2.23. The number of nitriles is 2. The molecule has 13 rings (SSSR count). The number of aromatic nitrogens is 3. The standard InChI is InChI=1S/C54H29N5S/c55-30-33-26-50(59-46-19-9-5-15-39(46)41-29-53-42(28-51(41)59)40-16-6-10-20-52(40)60-53)34(31-56)25-49(33)58-47-24-22-35(27-43(47)54-36-12-2-1-11-32(36)21-23-48(54)58)57-44-17-7-3-13-37(44)38-14-4-8-18-45(38)57/h1-29H. The molecular formula is C54H29N5S. The first-order chi connectivity index (χ1) is 29.7. The fraction of sp³-hybridized carbons (Fsp3) is 0. The number of fused-ring (bicyclic) bond motifs is 14. The second-order valence-corrected chi connectivity index (χ2v) is 16.6. The highest BCUT2D eigenvalue weighted by atomic mass is 32.1. The minimum atomic E-state index is 0.482. The van der Waals surface area contributed by atoms with E-state index >= 15 is 0 Å². The number of hydrogen-bond acceptors (Lipinski definition) is 3. The van der Waals surface area contributed by atoms with Crippen LogP contribution in [0.15, 0.2) is 176 Å². The summed E-state index contributed by atoms with van der Waals surface area (Å²) in [7, 11) is 0. The van der Waals surface area contributed by atoms with Crippen LogP contribution in [-0.4, -0.2) is 13.7 Å². The van der Waals surface area contributed by atoms with E-state index in [0.29, 0.717) is 22.5 Å². The minimum absolute atomic E-state index is 0.482. The zero-order chi connectivity index (χ0) is 39.6. The average molecular weight is 780 g/mol. The summed E-state index contributed by atoms with van der Waals surface area (Å²) in [5.41, 5.74) is 9.59. The smallest absolute Gasteiger partial charge is 0.101 e. The van der Waals surface area contributed by atoms with Crippen molar-refractivity contribution < 1.29 is 0 Å². The lowest BCUT2D eigenvalue weighted by atomic mass is 10.0. The fourth-order valence-electron chi connectivity index (χ4n) is 9.95.